The van der Waals surface area contributed by atoms with Crippen LogP contribution in [0.5, 0.6) is 0 Å². The summed E-state index contributed by atoms with van der Waals surface area (Å²) in [5, 5.41) is 0. The Morgan fingerprint density at radius 2 is 0.846 bits per heavy atom. The zero-order chi connectivity index (χ0) is 18.2. The first-order valence-electron chi connectivity index (χ1n) is 9.39. The molecule has 1 nitrogen and oxygen atoms in total. The molecule has 0 saturated heterocycles. The predicted octanol–water partition coefficient (Wildman–Crippen LogP) is 5.88. The summed E-state index contributed by atoms with van der Waals surface area (Å²) in [6.07, 6.45) is 0. The monoisotopic (exact) mass is 340 g/mol. The number of benzene rings is 3. The van der Waals surface area contributed by atoms with E-state index in [9.17, 15) is 0 Å². The standard InChI is InChI=1S/C25H24O/c1-23(2)17-11-5-8-14-20(17)25(21-15-9-6-12-18(21)23)22-16-10-7-13-19(22)24(3,4)26-25/h5-16H,1-4H3. The van der Waals surface area contributed by atoms with Crippen molar-refractivity contribution in [3.8, 4) is 0 Å². The summed E-state index contributed by atoms with van der Waals surface area (Å²) in [5.41, 5.74) is 6.90. The maximum atomic E-state index is 6.99. The summed E-state index contributed by atoms with van der Waals surface area (Å²) in [7, 11) is 0. The molecule has 26 heavy (non-hydrogen) atoms. The van der Waals surface area contributed by atoms with Crippen LogP contribution in [0.25, 0.3) is 0 Å². The minimum absolute atomic E-state index is 0.0521. The molecule has 0 unspecified atom stereocenters. The molecule has 5 rings (SSSR count). The Bertz CT molecular complexity index is 976. The second kappa shape index (κ2) is 4.86. The number of ether oxygens (including phenoxy) is 1. The summed E-state index contributed by atoms with van der Waals surface area (Å²) in [4.78, 5) is 0. The minimum Gasteiger partial charge on any atom is -0.350 e. The van der Waals surface area contributed by atoms with E-state index in [1.165, 1.54) is 33.4 Å². The first kappa shape index (κ1) is 15.8. The Morgan fingerprint density at radius 3 is 1.31 bits per heavy atom. The van der Waals surface area contributed by atoms with Crippen LogP contribution in [0.1, 0.15) is 61.1 Å². The summed E-state index contributed by atoms with van der Waals surface area (Å²) in [6.45, 7) is 9.02. The molecule has 130 valence electrons. The van der Waals surface area contributed by atoms with Gasteiger partial charge in [0.2, 0.25) is 0 Å². The van der Waals surface area contributed by atoms with Gasteiger partial charge in [0.1, 0.15) is 5.60 Å². The molecule has 1 heterocycles. The second-order valence-electron chi connectivity index (χ2n) is 8.56. The van der Waals surface area contributed by atoms with Crippen LogP contribution in [-0.4, -0.2) is 0 Å². The topological polar surface area (TPSA) is 9.23 Å². The van der Waals surface area contributed by atoms with E-state index in [0.717, 1.165) is 0 Å². The fourth-order valence-electron chi connectivity index (χ4n) is 5.17. The number of fused-ring (bicyclic) bond motifs is 6. The third-order valence-corrected chi connectivity index (χ3v) is 6.32. The molecule has 1 aliphatic carbocycles. The third kappa shape index (κ3) is 1.74. The van der Waals surface area contributed by atoms with Crippen LogP contribution in [0.4, 0.5) is 0 Å². The van der Waals surface area contributed by atoms with Gasteiger partial charge in [-0.3, -0.25) is 0 Å². The Morgan fingerprint density at radius 1 is 0.500 bits per heavy atom. The van der Waals surface area contributed by atoms with Gasteiger partial charge in [0.15, 0.2) is 0 Å². The zero-order valence-electron chi connectivity index (χ0n) is 15.8. The SMILES string of the molecule is CC1(C)OC2(c3ccccc31)c1ccccc1C(C)(C)c1ccccc12. The fourth-order valence-corrected chi connectivity index (χ4v) is 5.17. The lowest BCUT2D eigenvalue weighted by Gasteiger charge is -2.46. The Kier molecular flexibility index (Phi) is 2.96. The van der Waals surface area contributed by atoms with Gasteiger partial charge < -0.3 is 4.74 Å². The second-order valence-corrected chi connectivity index (χ2v) is 8.56. The van der Waals surface area contributed by atoms with Crippen LogP contribution in [0.2, 0.25) is 0 Å². The van der Waals surface area contributed by atoms with Crippen molar-refractivity contribution in [2.24, 2.45) is 0 Å². The molecule has 3 aromatic carbocycles. The van der Waals surface area contributed by atoms with Crippen molar-refractivity contribution < 1.29 is 4.74 Å². The molecule has 0 fully saturated rings. The van der Waals surface area contributed by atoms with Gasteiger partial charge in [0, 0.05) is 5.41 Å². The maximum Gasteiger partial charge on any atom is 0.145 e. The molecule has 1 heteroatoms. The Hall–Kier alpha value is -2.38. The van der Waals surface area contributed by atoms with Crippen molar-refractivity contribution >= 4 is 0 Å². The summed E-state index contributed by atoms with van der Waals surface area (Å²) in [6, 6.07) is 26.3. The number of hydrogen-bond donors (Lipinski definition) is 0. The third-order valence-electron chi connectivity index (χ3n) is 6.32. The highest BCUT2D eigenvalue weighted by atomic mass is 16.5. The van der Waals surface area contributed by atoms with Crippen LogP contribution in [0.15, 0.2) is 72.8 Å². The molecule has 0 atom stereocenters. The van der Waals surface area contributed by atoms with Gasteiger partial charge in [-0.1, -0.05) is 86.6 Å². The first-order chi connectivity index (χ1) is 12.4. The van der Waals surface area contributed by atoms with Crippen molar-refractivity contribution in [3.05, 3.63) is 106 Å². The van der Waals surface area contributed by atoms with Gasteiger partial charge in [-0.15, -0.1) is 0 Å². The molecule has 0 saturated carbocycles. The average molecular weight is 340 g/mol. The number of hydrogen-bond acceptors (Lipinski definition) is 1. The smallest absolute Gasteiger partial charge is 0.145 e. The van der Waals surface area contributed by atoms with Crippen LogP contribution in [-0.2, 0) is 21.4 Å². The van der Waals surface area contributed by atoms with Crippen molar-refractivity contribution in [3.63, 3.8) is 0 Å². The average Bonchev–Trinajstić information content (AvgIpc) is 2.90. The highest BCUT2D eigenvalue weighted by molar-refractivity contribution is 5.65. The summed E-state index contributed by atoms with van der Waals surface area (Å²) < 4.78 is 6.99. The van der Waals surface area contributed by atoms with E-state index >= 15 is 0 Å². The predicted molar refractivity (Wildman–Crippen MR) is 105 cm³/mol. The largest absolute Gasteiger partial charge is 0.350 e. The lowest BCUT2D eigenvalue weighted by molar-refractivity contribution is -0.0830. The fraction of sp³-hybridized carbons (Fsp3) is 0.280. The van der Waals surface area contributed by atoms with Gasteiger partial charge in [-0.25, -0.2) is 0 Å². The molecule has 0 bridgehead atoms. The lowest BCUT2D eigenvalue weighted by Crippen LogP contribution is -2.42. The molecule has 2 aliphatic rings. The molecular weight excluding hydrogens is 316 g/mol. The molecule has 0 aromatic heterocycles. The van der Waals surface area contributed by atoms with Crippen LogP contribution >= 0.6 is 0 Å². The quantitative estimate of drug-likeness (QED) is 0.496. The van der Waals surface area contributed by atoms with E-state index in [1.807, 2.05) is 0 Å². The van der Waals surface area contributed by atoms with Gasteiger partial charge in [0.05, 0.1) is 5.60 Å². The van der Waals surface area contributed by atoms with Crippen molar-refractivity contribution in [1.29, 1.82) is 0 Å². The van der Waals surface area contributed by atoms with Crippen LogP contribution in [0, 0.1) is 0 Å². The van der Waals surface area contributed by atoms with Crippen molar-refractivity contribution in [1.82, 2.24) is 0 Å². The first-order valence-corrected chi connectivity index (χ1v) is 9.39. The van der Waals surface area contributed by atoms with Crippen LogP contribution < -0.4 is 0 Å². The van der Waals surface area contributed by atoms with E-state index in [1.54, 1.807) is 0 Å². The molecular formula is C25H24O. The van der Waals surface area contributed by atoms with Gasteiger partial charge in [0.25, 0.3) is 0 Å². The lowest BCUT2D eigenvalue weighted by atomic mass is 9.62. The van der Waals surface area contributed by atoms with Gasteiger partial charge in [-0.2, -0.15) is 0 Å². The Labute approximate surface area is 155 Å². The molecule has 0 N–H and O–H groups in total. The van der Waals surface area contributed by atoms with E-state index in [-0.39, 0.29) is 11.0 Å². The highest BCUT2D eigenvalue weighted by Crippen LogP contribution is 2.60. The maximum absolute atomic E-state index is 6.99. The van der Waals surface area contributed by atoms with Gasteiger partial charge >= 0.3 is 0 Å². The van der Waals surface area contributed by atoms with E-state index < -0.39 is 5.60 Å². The molecule has 3 aromatic rings. The molecule has 1 spiro atoms. The van der Waals surface area contributed by atoms with E-state index in [0.29, 0.717) is 0 Å². The van der Waals surface area contributed by atoms with Crippen molar-refractivity contribution in [2.75, 3.05) is 0 Å². The number of rotatable bonds is 0. The summed E-state index contributed by atoms with van der Waals surface area (Å²) in [5.74, 6) is 0. The van der Waals surface area contributed by atoms with E-state index in [2.05, 4.69) is 100 Å². The van der Waals surface area contributed by atoms with Crippen molar-refractivity contribution in [2.45, 2.75) is 44.3 Å². The van der Waals surface area contributed by atoms with E-state index in [4.69, 9.17) is 4.74 Å². The zero-order valence-corrected chi connectivity index (χ0v) is 15.8. The van der Waals surface area contributed by atoms with Gasteiger partial charge in [-0.05, 0) is 47.2 Å². The molecule has 0 amide bonds. The van der Waals surface area contributed by atoms with Crippen LogP contribution in [0.3, 0.4) is 0 Å². The highest BCUT2D eigenvalue weighted by Gasteiger charge is 2.56. The molecule has 0 radical (unpaired) electrons. The normalized spacial score (nSPS) is 20.3. The summed E-state index contributed by atoms with van der Waals surface area (Å²) >= 11 is 0. The Balaban J connectivity index is 1.97. The molecule has 1 aliphatic heterocycles. The minimum atomic E-state index is -0.539.